The van der Waals surface area contributed by atoms with Gasteiger partial charge >= 0.3 is 6.03 Å². The maximum Gasteiger partial charge on any atom is 0.322 e. The minimum absolute atomic E-state index is 0.0815. The van der Waals surface area contributed by atoms with Crippen molar-refractivity contribution in [3.8, 4) is 0 Å². The number of aryl methyl sites for hydroxylation is 1. The second-order valence-corrected chi connectivity index (χ2v) is 9.92. The Kier molecular flexibility index (Phi) is 9.22. The summed E-state index contributed by atoms with van der Waals surface area (Å²) >= 11 is 1.66. The molecule has 0 aliphatic carbocycles. The third-order valence-corrected chi connectivity index (χ3v) is 6.65. The molecule has 180 valence electrons. The van der Waals surface area contributed by atoms with Crippen molar-refractivity contribution in [3.05, 3.63) is 87.9 Å². The van der Waals surface area contributed by atoms with Gasteiger partial charge in [-0.3, -0.25) is 4.79 Å². The second-order valence-electron chi connectivity index (χ2n) is 8.55. The average Bonchev–Trinajstić information content (AvgIpc) is 3.24. The molecule has 1 aromatic heterocycles. The number of thiophene rings is 1. The van der Waals surface area contributed by atoms with Gasteiger partial charge in [-0.15, -0.1) is 11.3 Å². The third kappa shape index (κ3) is 7.42. The summed E-state index contributed by atoms with van der Waals surface area (Å²) in [6.07, 6.45) is 0.861. The minimum Gasteiger partial charge on any atom is -0.332 e. The Balaban J connectivity index is 1.79. The highest BCUT2D eigenvalue weighted by Crippen LogP contribution is 2.20. The van der Waals surface area contributed by atoms with Crippen molar-refractivity contribution in [2.75, 3.05) is 18.4 Å². The number of hydrogen-bond donors (Lipinski definition) is 1. The number of halogens is 1. The van der Waals surface area contributed by atoms with Crippen molar-refractivity contribution in [1.82, 2.24) is 9.80 Å². The van der Waals surface area contributed by atoms with E-state index in [2.05, 4.69) is 5.32 Å². The first-order valence-electron chi connectivity index (χ1n) is 11.5. The number of nitrogens with zero attached hydrogens (tertiary/aromatic N) is 2. The van der Waals surface area contributed by atoms with Crippen LogP contribution in [0.5, 0.6) is 0 Å². The molecule has 1 N–H and O–H groups in total. The zero-order chi connectivity index (χ0) is 24.5. The van der Waals surface area contributed by atoms with Crippen LogP contribution in [-0.2, 0) is 17.9 Å². The van der Waals surface area contributed by atoms with Crippen molar-refractivity contribution in [2.24, 2.45) is 5.92 Å². The van der Waals surface area contributed by atoms with E-state index in [9.17, 15) is 14.0 Å². The first-order valence-corrected chi connectivity index (χ1v) is 12.3. The molecule has 1 heterocycles. The van der Waals surface area contributed by atoms with Crippen molar-refractivity contribution in [2.45, 2.75) is 40.3 Å². The van der Waals surface area contributed by atoms with Gasteiger partial charge in [0.1, 0.15) is 12.4 Å². The Hall–Kier alpha value is -3.19. The molecule has 3 rings (SSSR count). The first-order chi connectivity index (χ1) is 16.4. The number of benzene rings is 2. The predicted molar refractivity (Wildman–Crippen MR) is 136 cm³/mol. The molecule has 7 heteroatoms. The van der Waals surface area contributed by atoms with Crippen molar-refractivity contribution in [3.63, 3.8) is 0 Å². The highest BCUT2D eigenvalue weighted by Gasteiger charge is 2.24. The Morgan fingerprint density at radius 1 is 0.971 bits per heavy atom. The maximum atomic E-state index is 14.1. The number of rotatable bonds is 10. The van der Waals surface area contributed by atoms with Crippen molar-refractivity contribution in [1.29, 1.82) is 0 Å². The lowest BCUT2D eigenvalue weighted by Gasteiger charge is -2.29. The van der Waals surface area contributed by atoms with Crippen molar-refractivity contribution < 1.29 is 14.0 Å². The summed E-state index contributed by atoms with van der Waals surface area (Å²) in [5.74, 6) is -0.465. The lowest BCUT2D eigenvalue weighted by Crippen LogP contribution is -2.45. The van der Waals surface area contributed by atoms with E-state index in [4.69, 9.17) is 0 Å². The van der Waals surface area contributed by atoms with E-state index in [0.717, 1.165) is 16.9 Å². The highest BCUT2D eigenvalue weighted by atomic mass is 32.1. The molecule has 0 fully saturated rings. The Labute approximate surface area is 205 Å². The number of anilines is 1. The maximum absolute atomic E-state index is 14.1. The van der Waals surface area contributed by atoms with Crippen LogP contribution >= 0.6 is 11.3 Å². The van der Waals surface area contributed by atoms with E-state index in [1.165, 1.54) is 21.9 Å². The molecular weight excluding hydrogens is 449 g/mol. The molecule has 3 amide bonds. The van der Waals surface area contributed by atoms with Crippen LogP contribution in [-0.4, -0.2) is 34.8 Å². The lowest BCUT2D eigenvalue weighted by molar-refractivity contribution is -0.133. The number of carbonyl (C=O) groups is 2. The molecule has 0 bridgehead atoms. The molecule has 0 spiro atoms. The molecule has 2 aromatic carbocycles. The smallest absolute Gasteiger partial charge is 0.322 e. The molecule has 1 unspecified atom stereocenters. The summed E-state index contributed by atoms with van der Waals surface area (Å²) in [4.78, 5) is 32.1. The molecule has 1 atom stereocenters. The van der Waals surface area contributed by atoms with Crippen LogP contribution in [0.1, 0.15) is 35.6 Å². The molecule has 3 aromatic rings. The van der Waals surface area contributed by atoms with Gasteiger partial charge in [0.15, 0.2) is 0 Å². The first kappa shape index (κ1) is 25.4. The Morgan fingerprint density at radius 2 is 1.68 bits per heavy atom. The lowest BCUT2D eigenvalue weighted by atomic mass is 10.1. The van der Waals surface area contributed by atoms with Crippen LogP contribution in [0.3, 0.4) is 0 Å². The number of amides is 3. The molecule has 5 nitrogen and oxygen atoms in total. The zero-order valence-electron chi connectivity index (χ0n) is 20.0. The summed E-state index contributed by atoms with van der Waals surface area (Å²) in [5, 5.41) is 2.63. The molecule has 0 saturated carbocycles. The molecule has 34 heavy (non-hydrogen) atoms. The summed E-state index contributed by atoms with van der Waals surface area (Å²) in [6.45, 7) is 7.35. The van der Waals surface area contributed by atoms with E-state index < -0.39 is 11.8 Å². The van der Waals surface area contributed by atoms with Gasteiger partial charge < -0.3 is 15.1 Å². The number of para-hydroxylation sites is 1. The fourth-order valence-electron chi connectivity index (χ4n) is 3.54. The fraction of sp³-hybridized carbons (Fsp3) is 0.333. The molecular formula is C27H32FN3O2S. The minimum atomic E-state index is -0.510. The van der Waals surface area contributed by atoms with E-state index in [0.29, 0.717) is 19.6 Å². The third-order valence-electron chi connectivity index (χ3n) is 5.67. The molecule has 0 radical (unpaired) electrons. The van der Waals surface area contributed by atoms with Crippen LogP contribution in [0, 0.1) is 18.7 Å². The van der Waals surface area contributed by atoms with Crippen LogP contribution in [0.4, 0.5) is 14.9 Å². The Bertz CT molecular complexity index is 1090. The second kappa shape index (κ2) is 12.3. The van der Waals surface area contributed by atoms with Gasteiger partial charge in [0.2, 0.25) is 5.91 Å². The van der Waals surface area contributed by atoms with Crippen molar-refractivity contribution >= 4 is 29.0 Å². The summed E-state index contributed by atoms with van der Waals surface area (Å²) < 4.78 is 14.1. The van der Waals surface area contributed by atoms with E-state index in [1.54, 1.807) is 28.4 Å². The van der Waals surface area contributed by atoms with Crippen LogP contribution in [0.2, 0.25) is 0 Å². The van der Waals surface area contributed by atoms with Crippen LogP contribution in [0.15, 0.2) is 66.7 Å². The highest BCUT2D eigenvalue weighted by molar-refractivity contribution is 7.11. The largest absolute Gasteiger partial charge is 0.332 e. The fourth-order valence-corrected chi connectivity index (χ4v) is 4.45. The van der Waals surface area contributed by atoms with Gasteiger partial charge in [-0.2, -0.15) is 0 Å². The average molecular weight is 482 g/mol. The van der Waals surface area contributed by atoms with Crippen LogP contribution in [0.25, 0.3) is 0 Å². The van der Waals surface area contributed by atoms with E-state index in [-0.39, 0.29) is 24.1 Å². The van der Waals surface area contributed by atoms with Crippen LogP contribution < -0.4 is 5.32 Å². The number of nitrogens with one attached hydrogen (secondary N) is 1. The number of carbonyl (C=O) groups excluding carboxylic acids is 2. The van der Waals surface area contributed by atoms with E-state index in [1.807, 2.05) is 63.2 Å². The topological polar surface area (TPSA) is 52.7 Å². The normalized spacial score (nSPS) is 11.6. The molecule has 0 saturated heterocycles. The quantitative estimate of drug-likeness (QED) is 0.369. The van der Waals surface area contributed by atoms with E-state index >= 15 is 0 Å². The zero-order valence-corrected chi connectivity index (χ0v) is 20.8. The van der Waals surface area contributed by atoms with Gasteiger partial charge in [-0.25, -0.2) is 9.18 Å². The number of urea groups is 1. The van der Waals surface area contributed by atoms with Gasteiger partial charge in [0.25, 0.3) is 0 Å². The monoisotopic (exact) mass is 481 g/mol. The number of hydrogen-bond acceptors (Lipinski definition) is 3. The summed E-state index contributed by atoms with van der Waals surface area (Å²) in [6, 6.07) is 19.5. The van der Waals surface area contributed by atoms with Gasteiger partial charge in [0, 0.05) is 22.8 Å². The molecule has 0 aliphatic rings. The standard InChI is InChI=1S/C27H32FN3O2S/c1-4-20(2)16-31(27(33)29-25-13-9-8-12-24(25)28)19-26(32)30(17-22-10-6-5-7-11-22)18-23-15-14-21(3)34-23/h5-15,20H,4,16-19H2,1-3H3,(H,29,33). The van der Waals surface area contributed by atoms with Gasteiger partial charge in [0.05, 0.1) is 12.2 Å². The summed E-state index contributed by atoms with van der Waals surface area (Å²) in [5.41, 5.74) is 1.12. The molecule has 0 aliphatic heterocycles. The Morgan fingerprint density at radius 3 is 2.32 bits per heavy atom. The van der Waals surface area contributed by atoms with Gasteiger partial charge in [-0.05, 0) is 42.7 Å². The SMILES string of the molecule is CCC(C)CN(CC(=O)N(Cc1ccccc1)Cc1ccc(C)s1)C(=O)Nc1ccccc1F. The summed E-state index contributed by atoms with van der Waals surface area (Å²) in [7, 11) is 0. The predicted octanol–water partition coefficient (Wildman–Crippen LogP) is 6.30. The van der Waals surface area contributed by atoms with Gasteiger partial charge in [-0.1, -0.05) is 62.7 Å².